The molecule has 0 spiro atoms. The molecular weight excluding hydrogens is 344 g/mol. The summed E-state index contributed by atoms with van der Waals surface area (Å²) in [7, 11) is 1.69. The van der Waals surface area contributed by atoms with Crippen molar-refractivity contribution in [1.82, 2.24) is 15.0 Å². The summed E-state index contributed by atoms with van der Waals surface area (Å²) in [4.78, 5) is 30.0. The summed E-state index contributed by atoms with van der Waals surface area (Å²) in [5, 5.41) is 8.66. The van der Waals surface area contributed by atoms with Crippen molar-refractivity contribution in [3.63, 3.8) is 0 Å². The Bertz CT molecular complexity index is 868. The van der Waals surface area contributed by atoms with E-state index in [1.807, 2.05) is 0 Å². The SMILES string of the molecule is Cc1cc(CN(C)C(=O)Cc2csc(NC(=O)c3ccco3)n2)no1. The number of aromatic nitrogens is 2. The van der Waals surface area contributed by atoms with Crippen LogP contribution in [0.4, 0.5) is 5.13 Å². The molecule has 0 saturated heterocycles. The van der Waals surface area contributed by atoms with Gasteiger partial charge in [-0.1, -0.05) is 5.16 Å². The van der Waals surface area contributed by atoms with Gasteiger partial charge in [-0.25, -0.2) is 4.98 Å². The molecule has 2 amide bonds. The molecule has 3 rings (SSSR count). The van der Waals surface area contributed by atoms with Gasteiger partial charge < -0.3 is 13.8 Å². The molecule has 0 atom stereocenters. The maximum atomic E-state index is 12.3. The van der Waals surface area contributed by atoms with E-state index in [1.54, 1.807) is 42.5 Å². The number of rotatable bonds is 6. The Balaban J connectivity index is 1.55. The van der Waals surface area contributed by atoms with E-state index in [2.05, 4.69) is 15.5 Å². The second-order valence-electron chi connectivity index (χ2n) is 5.43. The quantitative estimate of drug-likeness (QED) is 0.725. The normalized spacial score (nSPS) is 10.6. The van der Waals surface area contributed by atoms with Crippen molar-refractivity contribution < 1.29 is 18.5 Å². The zero-order chi connectivity index (χ0) is 17.8. The van der Waals surface area contributed by atoms with Crippen molar-refractivity contribution >= 4 is 28.3 Å². The summed E-state index contributed by atoms with van der Waals surface area (Å²) in [6, 6.07) is 4.98. The Labute approximate surface area is 147 Å². The molecule has 0 bridgehead atoms. The molecular formula is C16H16N4O4S. The highest BCUT2D eigenvalue weighted by Gasteiger charge is 2.16. The molecule has 0 radical (unpaired) electrons. The summed E-state index contributed by atoms with van der Waals surface area (Å²) < 4.78 is 10.0. The second-order valence-corrected chi connectivity index (χ2v) is 6.29. The van der Waals surface area contributed by atoms with Gasteiger partial charge in [-0.15, -0.1) is 11.3 Å². The lowest BCUT2D eigenvalue weighted by atomic mass is 10.3. The highest BCUT2D eigenvalue weighted by molar-refractivity contribution is 7.14. The summed E-state index contributed by atoms with van der Waals surface area (Å²) in [6.07, 6.45) is 1.56. The molecule has 0 fully saturated rings. The average molecular weight is 360 g/mol. The van der Waals surface area contributed by atoms with Crippen LogP contribution in [0.15, 0.2) is 38.8 Å². The summed E-state index contributed by atoms with van der Waals surface area (Å²) in [5.41, 5.74) is 1.28. The fraction of sp³-hybridized carbons (Fsp3) is 0.250. The number of likely N-dealkylation sites (N-methyl/N-ethyl adjacent to an activating group) is 1. The van der Waals surface area contributed by atoms with Crippen molar-refractivity contribution in [1.29, 1.82) is 0 Å². The first kappa shape index (κ1) is 16.9. The number of aryl methyl sites for hydroxylation is 1. The topological polar surface area (TPSA) is 101 Å². The van der Waals surface area contributed by atoms with Crippen LogP contribution in [0.2, 0.25) is 0 Å². The summed E-state index contributed by atoms with van der Waals surface area (Å²) >= 11 is 1.25. The van der Waals surface area contributed by atoms with Crippen molar-refractivity contribution in [3.05, 3.63) is 52.8 Å². The number of anilines is 1. The number of amides is 2. The van der Waals surface area contributed by atoms with Crippen LogP contribution >= 0.6 is 11.3 Å². The van der Waals surface area contributed by atoms with Gasteiger partial charge in [0.1, 0.15) is 11.5 Å². The third kappa shape index (κ3) is 4.32. The molecule has 3 aromatic heterocycles. The molecule has 9 heteroatoms. The van der Waals surface area contributed by atoms with E-state index in [0.717, 1.165) is 0 Å². The van der Waals surface area contributed by atoms with Gasteiger partial charge in [0.25, 0.3) is 5.91 Å². The van der Waals surface area contributed by atoms with Crippen LogP contribution in [-0.4, -0.2) is 33.9 Å². The van der Waals surface area contributed by atoms with Crippen LogP contribution in [0.3, 0.4) is 0 Å². The molecule has 3 aromatic rings. The van der Waals surface area contributed by atoms with Gasteiger partial charge >= 0.3 is 0 Å². The van der Waals surface area contributed by atoms with Crippen molar-refractivity contribution in [2.75, 3.05) is 12.4 Å². The Kier molecular flexibility index (Phi) is 4.94. The lowest BCUT2D eigenvalue weighted by Gasteiger charge is -2.14. The zero-order valence-corrected chi connectivity index (χ0v) is 14.5. The summed E-state index contributed by atoms with van der Waals surface area (Å²) in [5.74, 6) is 0.424. The van der Waals surface area contributed by atoms with E-state index >= 15 is 0 Å². The Morgan fingerprint density at radius 3 is 2.88 bits per heavy atom. The fourth-order valence-corrected chi connectivity index (χ4v) is 2.83. The van der Waals surface area contributed by atoms with E-state index in [4.69, 9.17) is 8.94 Å². The first-order valence-corrected chi connectivity index (χ1v) is 8.34. The minimum Gasteiger partial charge on any atom is -0.459 e. The zero-order valence-electron chi connectivity index (χ0n) is 13.7. The van der Waals surface area contributed by atoms with Crippen LogP contribution in [0.1, 0.15) is 27.7 Å². The number of carbonyl (C=O) groups is 2. The molecule has 0 aliphatic heterocycles. The number of hydrogen-bond donors (Lipinski definition) is 1. The fourth-order valence-electron chi connectivity index (χ4n) is 2.13. The van der Waals surface area contributed by atoms with E-state index in [-0.39, 0.29) is 24.0 Å². The third-order valence-corrected chi connectivity index (χ3v) is 4.16. The predicted octanol–water partition coefficient (Wildman–Crippen LogP) is 2.49. The van der Waals surface area contributed by atoms with E-state index in [1.165, 1.54) is 17.6 Å². The van der Waals surface area contributed by atoms with Crippen molar-refractivity contribution in [2.45, 2.75) is 19.9 Å². The highest BCUT2D eigenvalue weighted by Crippen LogP contribution is 2.18. The number of nitrogens with one attached hydrogen (secondary N) is 1. The van der Waals surface area contributed by atoms with Crippen LogP contribution in [0.25, 0.3) is 0 Å². The Morgan fingerprint density at radius 1 is 1.36 bits per heavy atom. The molecule has 0 unspecified atom stereocenters. The molecule has 8 nitrogen and oxygen atoms in total. The van der Waals surface area contributed by atoms with Gasteiger partial charge in [0.15, 0.2) is 10.9 Å². The van der Waals surface area contributed by atoms with Gasteiger partial charge in [-0.05, 0) is 19.1 Å². The number of carbonyl (C=O) groups excluding carboxylic acids is 2. The van der Waals surface area contributed by atoms with Gasteiger partial charge in [0.05, 0.1) is 24.9 Å². The predicted molar refractivity (Wildman–Crippen MR) is 90.2 cm³/mol. The van der Waals surface area contributed by atoms with Crippen LogP contribution in [0.5, 0.6) is 0 Å². The van der Waals surface area contributed by atoms with Crippen LogP contribution in [-0.2, 0) is 17.8 Å². The first-order chi connectivity index (χ1) is 12.0. The lowest BCUT2D eigenvalue weighted by molar-refractivity contribution is -0.129. The molecule has 0 saturated carbocycles. The molecule has 0 aromatic carbocycles. The molecule has 130 valence electrons. The standard InChI is InChI=1S/C16H16N4O4S/c1-10-6-11(19-24-10)8-20(2)14(21)7-12-9-25-16(17-12)18-15(22)13-4-3-5-23-13/h3-6,9H,7-8H2,1-2H3,(H,17,18,22). The van der Waals surface area contributed by atoms with Crippen LogP contribution in [0, 0.1) is 6.92 Å². The number of thiazole rings is 1. The second kappa shape index (κ2) is 7.31. The molecule has 25 heavy (non-hydrogen) atoms. The first-order valence-electron chi connectivity index (χ1n) is 7.46. The molecule has 0 aliphatic carbocycles. The monoisotopic (exact) mass is 360 g/mol. The minimum absolute atomic E-state index is 0.102. The minimum atomic E-state index is -0.379. The van der Waals surface area contributed by atoms with Crippen LogP contribution < -0.4 is 5.32 Å². The Morgan fingerprint density at radius 2 is 2.20 bits per heavy atom. The average Bonchev–Trinajstić information content (AvgIpc) is 3.30. The van der Waals surface area contributed by atoms with Gasteiger partial charge in [0.2, 0.25) is 5.91 Å². The smallest absolute Gasteiger partial charge is 0.293 e. The largest absolute Gasteiger partial charge is 0.459 e. The number of hydrogen-bond acceptors (Lipinski definition) is 7. The van der Waals surface area contributed by atoms with E-state index < -0.39 is 0 Å². The number of nitrogens with zero attached hydrogens (tertiary/aromatic N) is 3. The lowest BCUT2D eigenvalue weighted by Crippen LogP contribution is -2.28. The molecule has 3 heterocycles. The molecule has 0 aliphatic rings. The third-order valence-electron chi connectivity index (χ3n) is 3.35. The maximum absolute atomic E-state index is 12.3. The number of furan rings is 1. The van der Waals surface area contributed by atoms with Crippen molar-refractivity contribution in [3.8, 4) is 0 Å². The van der Waals surface area contributed by atoms with Gasteiger partial charge in [-0.3, -0.25) is 14.9 Å². The highest BCUT2D eigenvalue weighted by atomic mass is 32.1. The van der Waals surface area contributed by atoms with E-state index in [0.29, 0.717) is 28.8 Å². The maximum Gasteiger partial charge on any atom is 0.293 e. The van der Waals surface area contributed by atoms with Gasteiger partial charge in [0, 0.05) is 18.5 Å². The Hall–Kier alpha value is -2.94. The summed E-state index contributed by atoms with van der Waals surface area (Å²) in [6.45, 7) is 2.16. The van der Waals surface area contributed by atoms with Gasteiger partial charge in [-0.2, -0.15) is 0 Å². The molecule has 1 N–H and O–H groups in total. The van der Waals surface area contributed by atoms with Crippen molar-refractivity contribution in [2.24, 2.45) is 0 Å². The van der Waals surface area contributed by atoms with E-state index in [9.17, 15) is 9.59 Å².